The number of ether oxygens (including phenoxy) is 5. The Morgan fingerprint density at radius 1 is 1.00 bits per heavy atom. The minimum Gasteiger partial charge on any atom is -0.493 e. The number of pyridine rings is 1. The molecule has 0 atom stereocenters. The molecule has 0 aliphatic carbocycles. The van der Waals surface area contributed by atoms with Crippen molar-refractivity contribution in [1.82, 2.24) is 0 Å². The molecule has 4 aromatic rings. The third-order valence-electron chi connectivity index (χ3n) is 6.65. The number of benzene rings is 3. The summed E-state index contributed by atoms with van der Waals surface area (Å²) in [5, 5.41) is 12.8. The van der Waals surface area contributed by atoms with E-state index in [0.29, 0.717) is 36.9 Å². The van der Waals surface area contributed by atoms with Gasteiger partial charge in [0.15, 0.2) is 35.7 Å². The van der Waals surface area contributed by atoms with Crippen molar-refractivity contribution in [2.24, 2.45) is 0 Å². The zero-order valence-corrected chi connectivity index (χ0v) is 20.3. The molecule has 2 aliphatic heterocycles. The molecule has 3 heterocycles. The standard InChI is InChI=1S/C28H25N2O7/c1-33-25-8-3-18-13-24-22-15-27-26(36-17-37-27)14-19(22)9-10-29(24)16-23(18)28(25)35-12-2-11-34-21-6-4-20(5-7-21)30(31)32/h3-8,13-16H,2,9-12,17H2,1H3/q+1. The first-order chi connectivity index (χ1) is 18.1. The van der Waals surface area contributed by atoms with Crippen LogP contribution in [0.25, 0.3) is 22.0 Å². The van der Waals surface area contributed by atoms with E-state index in [9.17, 15) is 10.1 Å². The smallest absolute Gasteiger partial charge is 0.269 e. The van der Waals surface area contributed by atoms with Gasteiger partial charge in [-0.1, -0.05) is 0 Å². The summed E-state index contributed by atoms with van der Waals surface area (Å²) in [7, 11) is 1.64. The van der Waals surface area contributed by atoms with Gasteiger partial charge in [-0.2, -0.15) is 4.57 Å². The van der Waals surface area contributed by atoms with E-state index < -0.39 is 4.92 Å². The van der Waals surface area contributed by atoms with Crippen LogP contribution in [0.5, 0.6) is 28.7 Å². The zero-order valence-electron chi connectivity index (χ0n) is 20.3. The number of hydrogen-bond acceptors (Lipinski definition) is 7. The molecular formula is C28H25N2O7+. The second-order valence-electron chi connectivity index (χ2n) is 8.87. The normalized spacial score (nSPS) is 13.1. The van der Waals surface area contributed by atoms with Crippen LogP contribution in [-0.2, 0) is 13.0 Å². The molecule has 0 unspecified atom stereocenters. The molecule has 1 aromatic heterocycles. The number of methoxy groups -OCH3 is 1. The molecule has 0 N–H and O–H groups in total. The topological polar surface area (TPSA) is 93.2 Å². The van der Waals surface area contributed by atoms with Gasteiger partial charge in [0.25, 0.3) is 5.69 Å². The van der Waals surface area contributed by atoms with Crippen molar-refractivity contribution in [2.45, 2.75) is 19.4 Å². The monoisotopic (exact) mass is 501 g/mol. The quantitative estimate of drug-likeness (QED) is 0.148. The Morgan fingerprint density at radius 2 is 1.78 bits per heavy atom. The van der Waals surface area contributed by atoms with Gasteiger partial charge in [-0.15, -0.1) is 0 Å². The van der Waals surface area contributed by atoms with Gasteiger partial charge in [-0.25, -0.2) is 0 Å². The molecule has 188 valence electrons. The Labute approximate surface area is 212 Å². The molecule has 9 nitrogen and oxygen atoms in total. The molecule has 0 saturated carbocycles. The lowest BCUT2D eigenvalue weighted by Crippen LogP contribution is -2.40. The summed E-state index contributed by atoms with van der Waals surface area (Å²) in [5.41, 5.74) is 3.56. The average molecular weight is 502 g/mol. The number of non-ortho nitro benzene ring substituents is 1. The summed E-state index contributed by atoms with van der Waals surface area (Å²) in [5.74, 6) is 3.54. The molecule has 0 spiro atoms. The van der Waals surface area contributed by atoms with E-state index in [4.69, 9.17) is 23.7 Å². The number of fused-ring (bicyclic) bond motifs is 5. The van der Waals surface area contributed by atoms with Crippen LogP contribution >= 0.6 is 0 Å². The van der Waals surface area contributed by atoms with E-state index in [1.54, 1.807) is 19.2 Å². The number of nitrogens with zero attached hydrogens (tertiary/aromatic N) is 2. The van der Waals surface area contributed by atoms with Crippen LogP contribution < -0.4 is 28.3 Å². The van der Waals surface area contributed by atoms with Crippen molar-refractivity contribution in [3.8, 4) is 40.0 Å². The van der Waals surface area contributed by atoms with Crippen molar-refractivity contribution < 1.29 is 33.2 Å². The predicted molar refractivity (Wildman–Crippen MR) is 135 cm³/mol. The fourth-order valence-corrected chi connectivity index (χ4v) is 4.79. The van der Waals surface area contributed by atoms with Crippen molar-refractivity contribution in [3.63, 3.8) is 0 Å². The summed E-state index contributed by atoms with van der Waals surface area (Å²) in [4.78, 5) is 10.4. The van der Waals surface area contributed by atoms with Crippen molar-refractivity contribution in [3.05, 3.63) is 76.5 Å². The number of hydrogen-bond donors (Lipinski definition) is 0. The largest absolute Gasteiger partial charge is 0.493 e. The highest BCUT2D eigenvalue weighted by molar-refractivity contribution is 5.91. The van der Waals surface area contributed by atoms with Gasteiger partial charge < -0.3 is 23.7 Å². The van der Waals surface area contributed by atoms with Crippen molar-refractivity contribution >= 4 is 16.5 Å². The molecular weight excluding hydrogens is 476 g/mol. The third kappa shape index (κ3) is 4.33. The maximum Gasteiger partial charge on any atom is 0.269 e. The highest BCUT2D eigenvalue weighted by Crippen LogP contribution is 2.41. The Hall–Kier alpha value is -4.53. The second kappa shape index (κ2) is 9.50. The molecule has 0 saturated heterocycles. The molecule has 2 aliphatic rings. The average Bonchev–Trinajstić information content (AvgIpc) is 3.38. The van der Waals surface area contributed by atoms with Crippen molar-refractivity contribution in [2.75, 3.05) is 27.1 Å². The van der Waals surface area contributed by atoms with Crippen LogP contribution in [0.3, 0.4) is 0 Å². The van der Waals surface area contributed by atoms with Gasteiger partial charge in [0.2, 0.25) is 12.5 Å². The summed E-state index contributed by atoms with van der Waals surface area (Å²) in [6.07, 6.45) is 3.66. The summed E-state index contributed by atoms with van der Waals surface area (Å²) < 4.78 is 31.0. The Bertz CT molecular complexity index is 1500. The van der Waals surface area contributed by atoms with Gasteiger partial charge in [0, 0.05) is 31.0 Å². The van der Waals surface area contributed by atoms with Gasteiger partial charge in [-0.3, -0.25) is 10.1 Å². The van der Waals surface area contributed by atoms with Gasteiger partial charge >= 0.3 is 0 Å². The first kappa shape index (κ1) is 22.9. The molecule has 0 fully saturated rings. The Balaban J connectivity index is 1.20. The molecule has 0 amide bonds. The summed E-state index contributed by atoms with van der Waals surface area (Å²) in [6.45, 7) is 1.95. The highest BCUT2D eigenvalue weighted by atomic mass is 16.7. The summed E-state index contributed by atoms with van der Waals surface area (Å²) in [6, 6.07) is 16.4. The fraction of sp³-hybridized carbons (Fsp3) is 0.250. The van der Waals surface area contributed by atoms with Gasteiger partial charge in [0.1, 0.15) is 5.75 Å². The lowest BCUT2D eigenvalue weighted by Gasteiger charge is -2.18. The van der Waals surface area contributed by atoms with Crippen LogP contribution in [-0.4, -0.2) is 32.0 Å². The molecule has 37 heavy (non-hydrogen) atoms. The number of nitro benzene ring substituents is 1. The van der Waals surface area contributed by atoms with Crippen molar-refractivity contribution in [1.29, 1.82) is 0 Å². The lowest BCUT2D eigenvalue weighted by molar-refractivity contribution is -0.686. The molecule has 6 rings (SSSR count). The van der Waals surface area contributed by atoms with E-state index in [0.717, 1.165) is 46.5 Å². The lowest BCUT2D eigenvalue weighted by atomic mass is 9.95. The second-order valence-corrected chi connectivity index (χ2v) is 8.87. The van der Waals surface area contributed by atoms with Crippen LogP contribution in [0.4, 0.5) is 5.69 Å². The van der Waals surface area contributed by atoms with E-state index in [2.05, 4.69) is 29.0 Å². The Morgan fingerprint density at radius 3 is 2.57 bits per heavy atom. The van der Waals surface area contributed by atoms with E-state index in [1.807, 2.05) is 12.1 Å². The number of aryl methyl sites for hydroxylation is 2. The first-order valence-electron chi connectivity index (χ1n) is 12.1. The number of nitro groups is 1. The minimum atomic E-state index is -0.432. The first-order valence-corrected chi connectivity index (χ1v) is 12.1. The van der Waals surface area contributed by atoms with Crippen LogP contribution in [0.1, 0.15) is 12.0 Å². The van der Waals surface area contributed by atoms with E-state index in [1.165, 1.54) is 17.7 Å². The zero-order chi connectivity index (χ0) is 25.4. The van der Waals surface area contributed by atoms with Crippen LogP contribution in [0, 0.1) is 10.1 Å². The molecule has 9 heteroatoms. The predicted octanol–water partition coefficient (Wildman–Crippen LogP) is 4.84. The SMILES string of the molecule is COc1ccc2cc3[n+](cc2c1OCCCOc1ccc([N+](=O)[O-])cc1)CCc1cc2c(cc1-3)OCO2. The molecule has 0 bridgehead atoms. The van der Waals surface area contributed by atoms with Crippen LogP contribution in [0.15, 0.2) is 60.8 Å². The van der Waals surface area contributed by atoms with E-state index in [-0.39, 0.29) is 12.5 Å². The molecule has 0 radical (unpaired) electrons. The van der Waals surface area contributed by atoms with Crippen LogP contribution in [0.2, 0.25) is 0 Å². The van der Waals surface area contributed by atoms with Gasteiger partial charge in [-0.05, 0) is 47.3 Å². The minimum absolute atomic E-state index is 0.0357. The summed E-state index contributed by atoms with van der Waals surface area (Å²) >= 11 is 0. The number of aromatic nitrogens is 1. The Kier molecular flexibility index (Phi) is 5.88. The third-order valence-corrected chi connectivity index (χ3v) is 6.65. The molecule has 3 aromatic carbocycles. The maximum atomic E-state index is 10.8. The maximum absolute atomic E-state index is 10.8. The van der Waals surface area contributed by atoms with E-state index >= 15 is 0 Å². The highest BCUT2D eigenvalue weighted by Gasteiger charge is 2.28. The van der Waals surface area contributed by atoms with Gasteiger partial charge in [0.05, 0.1) is 36.2 Å². The fourth-order valence-electron chi connectivity index (χ4n) is 4.79. The number of rotatable bonds is 8.